The number of halogens is 1. The molecule has 1 unspecified atom stereocenters. The molecule has 0 spiro atoms. The molecule has 2 heterocycles. The third-order valence-corrected chi connectivity index (χ3v) is 2.81. The molecule has 5 heteroatoms. The molecule has 1 aromatic rings. The maximum atomic E-state index is 11.8. The van der Waals surface area contributed by atoms with Gasteiger partial charge in [-0.3, -0.25) is 9.78 Å². The number of carbonyl (C=O) groups is 1. The summed E-state index contributed by atoms with van der Waals surface area (Å²) in [5.41, 5.74) is 1.21. The van der Waals surface area contributed by atoms with Gasteiger partial charge in [0, 0.05) is 18.5 Å². The van der Waals surface area contributed by atoms with Gasteiger partial charge < -0.3 is 10.1 Å². The van der Waals surface area contributed by atoms with Gasteiger partial charge in [0.2, 0.25) is 0 Å². The third kappa shape index (κ3) is 2.51. The molecule has 1 aliphatic heterocycles. The van der Waals surface area contributed by atoms with Crippen LogP contribution in [0.5, 0.6) is 0 Å². The van der Waals surface area contributed by atoms with E-state index in [4.69, 9.17) is 16.3 Å². The van der Waals surface area contributed by atoms with Gasteiger partial charge >= 0.3 is 0 Å². The van der Waals surface area contributed by atoms with E-state index >= 15 is 0 Å². The fourth-order valence-electron chi connectivity index (χ4n) is 1.61. The average Bonchev–Trinajstić information content (AvgIpc) is 2.70. The van der Waals surface area contributed by atoms with E-state index in [-0.39, 0.29) is 11.9 Å². The molecule has 0 aliphatic carbocycles. The van der Waals surface area contributed by atoms with Crippen molar-refractivity contribution >= 4 is 17.5 Å². The molecular weight excluding hydrogens is 228 g/mol. The normalized spacial score (nSPS) is 19.8. The number of rotatable bonds is 2. The summed E-state index contributed by atoms with van der Waals surface area (Å²) in [7, 11) is 0. The monoisotopic (exact) mass is 240 g/mol. The van der Waals surface area contributed by atoms with Crippen LogP contribution in [0.15, 0.2) is 12.3 Å². The van der Waals surface area contributed by atoms with E-state index in [0.717, 1.165) is 12.1 Å². The Hall–Kier alpha value is -1.13. The van der Waals surface area contributed by atoms with Crippen LogP contribution in [-0.2, 0) is 4.74 Å². The van der Waals surface area contributed by atoms with Gasteiger partial charge in [-0.05, 0) is 19.4 Å². The first kappa shape index (κ1) is 11.4. The molecule has 1 atom stereocenters. The molecule has 0 aromatic carbocycles. The maximum absolute atomic E-state index is 11.8. The summed E-state index contributed by atoms with van der Waals surface area (Å²) in [6.07, 6.45) is 2.35. The molecular formula is C11H13ClN2O2. The van der Waals surface area contributed by atoms with Crippen molar-refractivity contribution in [1.82, 2.24) is 10.3 Å². The number of aromatic nitrogens is 1. The Balaban J connectivity index is 2.08. The molecule has 1 amide bonds. The Labute approximate surface area is 99.0 Å². The number of nitrogens with zero attached hydrogens (tertiary/aromatic N) is 1. The Morgan fingerprint density at radius 1 is 1.69 bits per heavy atom. The van der Waals surface area contributed by atoms with Crippen molar-refractivity contribution in [3.05, 3.63) is 28.5 Å². The zero-order chi connectivity index (χ0) is 11.5. The minimum absolute atomic E-state index is 0.0878. The molecule has 16 heavy (non-hydrogen) atoms. The van der Waals surface area contributed by atoms with Crippen LogP contribution in [0.2, 0.25) is 5.02 Å². The van der Waals surface area contributed by atoms with Crippen molar-refractivity contribution < 1.29 is 9.53 Å². The quantitative estimate of drug-likeness (QED) is 0.854. The standard InChI is InChI=1S/C11H13ClN2O2/c1-7-4-10(12)9(5-13-7)11(15)14-8-2-3-16-6-8/h4-5,8H,2-3,6H2,1H3,(H,14,15). The van der Waals surface area contributed by atoms with Crippen LogP contribution < -0.4 is 5.32 Å². The van der Waals surface area contributed by atoms with E-state index in [1.807, 2.05) is 6.92 Å². The number of hydrogen-bond donors (Lipinski definition) is 1. The van der Waals surface area contributed by atoms with Crippen LogP contribution in [0, 0.1) is 6.92 Å². The molecule has 0 radical (unpaired) electrons. The maximum Gasteiger partial charge on any atom is 0.254 e. The Bertz CT molecular complexity index is 403. The average molecular weight is 241 g/mol. The van der Waals surface area contributed by atoms with Crippen molar-refractivity contribution in [2.45, 2.75) is 19.4 Å². The predicted molar refractivity (Wildman–Crippen MR) is 60.7 cm³/mol. The SMILES string of the molecule is Cc1cc(Cl)c(C(=O)NC2CCOC2)cn1. The van der Waals surface area contributed by atoms with Crippen LogP contribution in [0.4, 0.5) is 0 Å². The van der Waals surface area contributed by atoms with Crippen molar-refractivity contribution in [3.8, 4) is 0 Å². The summed E-state index contributed by atoms with van der Waals surface area (Å²) in [4.78, 5) is 15.9. The van der Waals surface area contributed by atoms with Crippen LogP contribution in [-0.4, -0.2) is 30.1 Å². The summed E-state index contributed by atoms with van der Waals surface area (Å²) in [6.45, 7) is 3.10. The van der Waals surface area contributed by atoms with Crippen LogP contribution in [0.1, 0.15) is 22.5 Å². The molecule has 1 aliphatic rings. The number of pyridine rings is 1. The number of amides is 1. The number of carbonyl (C=O) groups excluding carboxylic acids is 1. The van der Waals surface area contributed by atoms with Gasteiger partial charge in [0.1, 0.15) is 0 Å². The third-order valence-electron chi connectivity index (χ3n) is 2.50. The Morgan fingerprint density at radius 3 is 3.12 bits per heavy atom. The molecule has 2 rings (SSSR count). The fraction of sp³-hybridized carbons (Fsp3) is 0.455. The lowest BCUT2D eigenvalue weighted by Gasteiger charge is -2.11. The highest BCUT2D eigenvalue weighted by Gasteiger charge is 2.20. The zero-order valence-corrected chi connectivity index (χ0v) is 9.75. The summed E-state index contributed by atoms with van der Waals surface area (Å²) in [5, 5.41) is 3.30. The lowest BCUT2D eigenvalue weighted by atomic mass is 10.2. The van der Waals surface area contributed by atoms with Gasteiger partial charge in [0.25, 0.3) is 5.91 Å². The number of hydrogen-bond acceptors (Lipinski definition) is 3. The summed E-state index contributed by atoms with van der Waals surface area (Å²) in [5.74, 6) is -0.187. The largest absolute Gasteiger partial charge is 0.379 e. The van der Waals surface area contributed by atoms with Crippen molar-refractivity contribution in [3.63, 3.8) is 0 Å². The van der Waals surface area contributed by atoms with Gasteiger partial charge in [0.15, 0.2) is 0 Å². The van der Waals surface area contributed by atoms with Crippen molar-refractivity contribution in [1.29, 1.82) is 0 Å². The summed E-state index contributed by atoms with van der Waals surface area (Å²) in [6, 6.07) is 1.77. The molecule has 0 bridgehead atoms. The minimum Gasteiger partial charge on any atom is -0.379 e. The number of nitrogens with one attached hydrogen (secondary N) is 1. The van der Waals surface area contributed by atoms with Gasteiger partial charge in [-0.2, -0.15) is 0 Å². The van der Waals surface area contributed by atoms with Gasteiger partial charge in [-0.1, -0.05) is 11.6 Å². The first-order chi connectivity index (χ1) is 7.66. The molecule has 86 valence electrons. The highest BCUT2D eigenvalue weighted by molar-refractivity contribution is 6.33. The van der Waals surface area contributed by atoms with Gasteiger partial charge in [0.05, 0.1) is 23.2 Å². The summed E-state index contributed by atoms with van der Waals surface area (Å²) < 4.78 is 5.18. The van der Waals surface area contributed by atoms with E-state index in [1.165, 1.54) is 6.20 Å². The number of ether oxygens (including phenoxy) is 1. The minimum atomic E-state index is -0.187. The molecule has 1 saturated heterocycles. The topological polar surface area (TPSA) is 51.2 Å². The van der Waals surface area contributed by atoms with Crippen LogP contribution >= 0.6 is 11.6 Å². The Morgan fingerprint density at radius 2 is 2.50 bits per heavy atom. The molecule has 1 fully saturated rings. The van der Waals surface area contributed by atoms with E-state index in [0.29, 0.717) is 23.8 Å². The van der Waals surface area contributed by atoms with Gasteiger partial charge in [-0.25, -0.2) is 0 Å². The van der Waals surface area contributed by atoms with Crippen molar-refractivity contribution in [2.75, 3.05) is 13.2 Å². The summed E-state index contributed by atoms with van der Waals surface area (Å²) >= 11 is 5.98. The highest BCUT2D eigenvalue weighted by atomic mass is 35.5. The lowest BCUT2D eigenvalue weighted by molar-refractivity contribution is 0.0929. The second-order valence-corrected chi connectivity index (χ2v) is 4.25. The lowest BCUT2D eigenvalue weighted by Crippen LogP contribution is -2.35. The predicted octanol–water partition coefficient (Wildman–Crippen LogP) is 1.56. The first-order valence-electron chi connectivity index (χ1n) is 5.17. The van der Waals surface area contributed by atoms with Crippen molar-refractivity contribution in [2.24, 2.45) is 0 Å². The van der Waals surface area contributed by atoms with E-state index in [9.17, 15) is 4.79 Å². The fourth-order valence-corrected chi connectivity index (χ4v) is 1.90. The second kappa shape index (κ2) is 4.80. The van der Waals surface area contributed by atoms with Gasteiger partial charge in [-0.15, -0.1) is 0 Å². The van der Waals surface area contributed by atoms with Crippen LogP contribution in [0.3, 0.4) is 0 Å². The zero-order valence-electron chi connectivity index (χ0n) is 9.00. The highest BCUT2D eigenvalue weighted by Crippen LogP contribution is 2.16. The molecule has 4 nitrogen and oxygen atoms in total. The second-order valence-electron chi connectivity index (χ2n) is 3.84. The Kier molecular flexibility index (Phi) is 3.41. The molecule has 1 N–H and O–H groups in total. The van der Waals surface area contributed by atoms with E-state index < -0.39 is 0 Å². The molecule has 1 aromatic heterocycles. The molecule has 0 saturated carbocycles. The first-order valence-corrected chi connectivity index (χ1v) is 5.55. The van der Waals surface area contributed by atoms with Crippen LogP contribution in [0.25, 0.3) is 0 Å². The number of aryl methyl sites for hydroxylation is 1. The van der Waals surface area contributed by atoms with E-state index in [2.05, 4.69) is 10.3 Å². The van der Waals surface area contributed by atoms with E-state index in [1.54, 1.807) is 6.07 Å². The smallest absolute Gasteiger partial charge is 0.254 e.